The minimum atomic E-state index is 0.403. The fourth-order valence-electron chi connectivity index (χ4n) is 1.78. The van der Waals surface area contributed by atoms with E-state index in [1.54, 1.807) is 6.33 Å². The molecule has 6 nitrogen and oxygen atoms in total. The first-order chi connectivity index (χ1) is 9.81. The van der Waals surface area contributed by atoms with Gasteiger partial charge in [0.25, 0.3) is 0 Å². The predicted molar refractivity (Wildman–Crippen MR) is 79.6 cm³/mol. The third-order valence-corrected chi connectivity index (χ3v) is 2.88. The number of para-hydroxylation sites is 1. The van der Waals surface area contributed by atoms with E-state index in [2.05, 4.69) is 27.4 Å². The topological polar surface area (TPSA) is 81.1 Å². The number of aromatic nitrogens is 3. The van der Waals surface area contributed by atoms with Crippen LogP contribution in [0.25, 0.3) is 5.69 Å². The molecule has 20 heavy (non-hydrogen) atoms. The molecule has 0 aliphatic carbocycles. The van der Waals surface area contributed by atoms with Gasteiger partial charge >= 0.3 is 0 Å². The third-order valence-electron chi connectivity index (χ3n) is 2.88. The Kier molecular flexibility index (Phi) is 5.11. The maximum absolute atomic E-state index is 5.80. The lowest BCUT2D eigenvalue weighted by Crippen LogP contribution is -2.32. The zero-order chi connectivity index (χ0) is 14.2. The lowest BCUT2D eigenvalue weighted by molar-refractivity contribution is 0.745. The largest absolute Gasteiger partial charge is 0.370 e. The Morgan fingerprint density at radius 2 is 2.15 bits per heavy atom. The molecule has 0 saturated heterocycles. The summed E-state index contributed by atoms with van der Waals surface area (Å²) in [5, 5.41) is 11.1. The van der Waals surface area contributed by atoms with Crippen molar-refractivity contribution in [2.24, 2.45) is 10.7 Å². The number of nitrogens with two attached hydrogens (primary N) is 1. The van der Waals surface area contributed by atoms with E-state index in [-0.39, 0.29) is 0 Å². The summed E-state index contributed by atoms with van der Waals surface area (Å²) < 4.78 is 1.91. The van der Waals surface area contributed by atoms with Crippen LogP contribution in [0, 0.1) is 0 Å². The zero-order valence-corrected chi connectivity index (χ0v) is 11.7. The van der Waals surface area contributed by atoms with Crippen LogP contribution in [0.1, 0.15) is 25.6 Å². The molecular formula is C14H20N6. The molecule has 0 aliphatic rings. The molecule has 0 amide bonds. The van der Waals surface area contributed by atoms with Gasteiger partial charge in [0.15, 0.2) is 11.8 Å². The van der Waals surface area contributed by atoms with Crippen LogP contribution in [-0.4, -0.2) is 27.3 Å². The van der Waals surface area contributed by atoms with E-state index in [4.69, 9.17) is 5.73 Å². The van der Waals surface area contributed by atoms with E-state index in [0.717, 1.165) is 30.9 Å². The highest BCUT2D eigenvalue weighted by Crippen LogP contribution is 2.09. The molecule has 0 unspecified atom stereocenters. The summed E-state index contributed by atoms with van der Waals surface area (Å²) in [7, 11) is 0. The molecule has 0 spiro atoms. The molecule has 1 heterocycles. The Bertz CT molecular complexity index is 546. The first kappa shape index (κ1) is 14.0. The number of nitrogens with one attached hydrogen (secondary N) is 1. The van der Waals surface area contributed by atoms with E-state index < -0.39 is 0 Å². The molecule has 2 rings (SSSR count). The average molecular weight is 272 g/mol. The van der Waals surface area contributed by atoms with Crippen molar-refractivity contribution in [2.75, 3.05) is 6.54 Å². The minimum absolute atomic E-state index is 0.403. The Balaban J connectivity index is 2.01. The van der Waals surface area contributed by atoms with Crippen molar-refractivity contribution in [2.45, 2.75) is 26.3 Å². The van der Waals surface area contributed by atoms with Crippen molar-refractivity contribution in [3.8, 4) is 5.69 Å². The maximum Gasteiger partial charge on any atom is 0.189 e. The van der Waals surface area contributed by atoms with E-state index in [1.807, 2.05) is 34.9 Å². The van der Waals surface area contributed by atoms with Gasteiger partial charge in [-0.15, -0.1) is 10.2 Å². The highest BCUT2D eigenvalue weighted by Gasteiger charge is 2.05. The number of unbranched alkanes of at least 4 members (excludes halogenated alkanes) is 1. The van der Waals surface area contributed by atoms with E-state index >= 15 is 0 Å². The van der Waals surface area contributed by atoms with Gasteiger partial charge in [-0.1, -0.05) is 31.5 Å². The monoisotopic (exact) mass is 272 g/mol. The van der Waals surface area contributed by atoms with Gasteiger partial charge in [-0.3, -0.25) is 4.57 Å². The lowest BCUT2D eigenvalue weighted by Gasteiger charge is -2.06. The average Bonchev–Trinajstić information content (AvgIpc) is 2.95. The Labute approximate surface area is 118 Å². The van der Waals surface area contributed by atoms with Crippen LogP contribution in [0.4, 0.5) is 0 Å². The first-order valence-corrected chi connectivity index (χ1v) is 6.79. The molecule has 0 radical (unpaired) electrons. The SMILES string of the molecule is CCCCNC(N)=NCc1nncn1-c1ccccc1. The number of hydrogen-bond donors (Lipinski definition) is 2. The van der Waals surface area contributed by atoms with Crippen molar-refractivity contribution >= 4 is 5.96 Å². The normalized spacial score (nSPS) is 11.6. The number of rotatable bonds is 6. The molecule has 3 N–H and O–H groups in total. The van der Waals surface area contributed by atoms with Crippen LogP contribution >= 0.6 is 0 Å². The molecule has 0 fully saturated rings. The second-order valence-corrected chi connectivity index (χ2v) is 4.43. The van der Waals surface area contributed by atoms with E-state index in [9.17, 15) is 0 Å². The number of aliphatic imine (C=N–C) groups is 1. The fraction of sp³-hybridized carbons (Fsp3) is 0.357. The van der Waals surface area contributed by atoms with Gasteiger partial charge in [-0.25, -0.2) is 4.99 Å². The maximum atomic E-state index is 5.80. The number of benzene rings is 1. The fourth-order valence-corrected chi connectivity index (χ4v) is 1.78. The Morgan fingerprint density at radius 3 is 2.90 bits per heavy atom. The van der Waals surface area contributed by atoms with Gasteiger partial charge in [-0.05, 0) is 18.6 Å². The summed E-state index contributed by atoms with van der Waals surface area (Å²) in [6, 6.07) is 9.92. The standard InChI is InChI=1S/C14H20N6/c1-2-3-9-16-14(15)17-10-13-19-18-11-20(13)12-7-5-4-6-8-12/h4-8,11H,2-3,9-10H2,1H3,(H3,15,16,17). The Hall–Kier alpha value is -2.37. The van der Waals surface area contributed by atoms with Crippen molar-refractivity contribution in [1.29, 1.82) is 0 Å². The first-order valence-electron chi connectivity index (χ1n) is 6.79. The molecule has 1 aromatic heterocycles. The lowest BCUT2D eigenvalue weighted by atomic mass is 10.3. The highest BCUT2D eigenvalue weighted by atomic mass is 15.3. The van der Waals surface area contributed by atoms with Crippen LogP contribution < -0.4 is 11.1 Å². The molecule has 0 aliphatic heterocycles. The summed E-state index contributed by atoms with van der Waals surface area (Å²) in [5.74, 6) is 1.21. The molecule has 0 bridgehead atoms. The van der Waals surface area contributed by atoms with Crippen LogP contribution in [0.3, 0.4) is 0 Å². The van der Waals surface area contributed by atoms with Gasteiger partial charge in [0, 0.05) is 12.2 Å². The summed E-state index contributed by atoms with van der Waals surface area (Å²) in [6.45, 7) is 3.38. The second-order valence-electron chi connectivity index (χ2n) is 4.43. The number of hydrogen-bond acceptors (Lipinski definition) is 3. The molecule has 1 aromatic carbocycles. The summed E-state index contributed by atoms with van der Waals surface area (Å²) >= 11 is 0. The minimum Gasteiger partial charge on any atom is -0.370 e. The van der Waals surface area contributed by atoms with E-state index in [1.165, 1.54) is 0 Å². The predicted octanol–water partition coefficient (Wildman–Crippen LogP) is 1.47. The van der Waals surface area contributed by atoms with Crippen LogP contribution in [0.2, 0.25) is 0 Å². The summed E-state index contributed by atoms with van der Waals surface area (Å²) in [4.78, 5) is 4.28. The quantitative estimate of drug-likeness (QED) is 0.474. The smallest absolute Gasteiger partial charge is 0.189 e. The number of nitrogens with zero attached hydrogens (tertiary/aromatic N) is 4. The molecule has 106 valence electrons. The summed E-state index contributed by atoms with van der Waals surface area (Å²) in [5.41, 5.74) is 6.82. The van der Waals surface area contributed by atoms with Crippen molar-refractivity contribution in [3.63, 3.8) is 0 Å². The molecular weight excluding hydrogens is 252 g/mol. The van der Waals surface area contributed by atoms with Gasteiger partial charge in [0.05, 0.1) is 0 Å². The van der Waals surface area contributed by atoms with Crippen molar-refractivity contribution in [3.05, 3.63) is 42.5 Å². The van der Waals surface area contributed by atoms with Crippen molar-refractivity contribution in [1.82, 2.24) is 20.1 Å². The molecule has 6 heteroatoms. The zero-order valence-electron chi connectivity index (χ0n) is 11.7. The number of guanidine groups is 1. The van der Waals surface area contributed by atoms with E-state index in [0.29, 0.717) is 12.5 Å². The van der Waals surface area contributed by atoms with Gasteiger partial charge in [0.1, 0.15) is 12.9 Å². The van der Waals surface area contributed by atoms with Gasteiger partial charge in [-0.2, -0.15) is 0 Å². The summed E-state index contributed by atoms with van der Waals surface area (Å²) in [6.07, 6.45) is 3.89. The van der Waals surface area contributed by atoms with Crippen LogP contribution in [0.5, 0.6) is 0 Å². The molecule has 2 aromatic rings. The Morgan fingerprint density at radius 1 is 1.35 bits per heavy atom. The third kappa shape index (κ3) is 3.81. The molecule has 0 atom stereocenters. The van der Waals surface area contributed by atoms with Crippen molar-refractivity contribution < 1.29 is 0 Å². The van der Waals surface area contributed by atoms with Gasteiger partial charge < -0.3 is 11.1 Å². The second kappa shape index (κ2) is 7.28. The molecule has 0 saturated carbocycles. The highest BCUT2D eigenvalue weighted by molar-refractivity contribution is 5.77. The van der Waals surface area contributed by atoms with Crippen LogP contribution in [0.15, 0.2) is 41.7 Å². The van der Waals surface area contributed by atoms with Crippen LogP contribution in [-0.2, 0) is 6.54 Å². The van der Waals surface area contributed by atoms with Gasteiger partial charge in [0.2, 0.25) is 0 Å².